The molecule has 0 radical (unpaired) electrons. The van der Waals surface area contributed by atoms with E-state index in [1.165, 1.54) is 115 Å². The highest BCUT2D eigenvalue weighted by atomic mass is 15.7. The molecule has 2 aromatic rings. The van der Waals surface area contributed by atoms with Crippen LogP contribution >= 0.6 is 0 Å². The second-order valence-corrected chi connectivity index (χ2v) is 13.0. The molecule has 0 amide bonds. The molecule has 2 atom stereocenters. The van der Waals surface area contributed by atoms with Gasteiger partial charge < -0.3 is 21.3 Å². The fourth-order valence-electron chi connectivity index (χ4n) is 7.74. The van der Waals surface area contributed by atoms with Gasteiger partial charge in [0.2, 0.25) is 0 Å². The Labute approximate surface area is 254 Å². The highest BCUT2D eigenvalue weighted by Crippen LogP contribution is 2.28. The van der Waals surface area contributed by atoms with Gasteiger partial charge in [0.25, 0.3) is 0 Å². The van der Waals surface area contributed by atoms with E-state index in [4.69, 9.17) is 11.5 Å². The van der Waals surface area contributed by atoms with Crippen LogP contribution in [0.3, 0.4) is 0 Å². The summed E-state index contributed by atoms with van der Waals surface area (Å²) >= 11 is 0. The van der Waals surface area contributed by atoms with Gasteiger partial charge in [-0.25, -0.2) is 20.0 Å². The average Bonchev–Trinajstić information content (AvgIpc) is 3.84. The predicted molar refractivity (Wildman–Crippen MR) is 176 cm³/mol. The van der Waals surface area contributed by atoms with Gasteiger partial charge in [-0.3, -0.25) is 0 Å². The predicted octanol–water partition coefficient (Wildman–Crippen LogP) is 4.89. The van der Waals surface area contributed by atoms with Crippen molar-refractivity contribution in [2.45, 2.75) is 76.3 Å². The van der Waals surface area contributed by atoms with Crippen molar-refractivity contribution in [1.29, 1.82) is 0 Å². The molecule has 2 unspecified atom stereocenters. The standard InChI is InChI=1S/C34H54N8/c35-29-9-13-31(14-10-29)37-25-17-33(27-37)41(39-19-5-6-20-39)23-3-1-2-4-24-42(40-21-7-8-22-40)34-18-26-38(28-34)32-15-11-30(36)12-16-32/h9-16,33-34H,1-8,17-28,35-36H2. The lowest BCUT2D eigenvalue weighted by molar-refractivity contribution is -0.0400. The topological polar surface area (TPSA) is 71.5 Å². The molecular formula is C34H54N8. The summed E-state index contributed by atoms with van der Waals surface area (Å²) in [6.45, 7) is 11.9. The zero-order valence-electron chi connectivity index (χ0n) is 25.8. The highest BCUT2D eigenvalue weighted by molar-refractivity contribution is 5.54. The third-order valence-corrected chi connectivity index (χ3v) is 10.1. The second-order valence-electron chi connectivity index (χ2n) is 13.0. The number of nitrogens with zero attached hydrogens (tertiary/aromatic N) is 6. The first-order valence-electron chi connectivity index (χ1n) is 16.9. The van der Waals surface area contributed by atoms with E-state index in [0.717, 1.165) is 37.6 Å². The maximum atomic E-state index is 5.94. The summed E-state index contributed by atoms with van der Waals surface area (Å²) in [7, 11) is 0. The van der Waals surface area contributed by atoms with Crippen LogP contribution in [0, 0.1) is 0 Å². The van der Waals surface area contributed by atoms with Gasteiger partial charge in [-0.05, 0) is 99.9 Å². The second kappa shape index (κ2) is 14.3. The van der Waals surface area contributed by atoms with Gasteiger partial charge in [-0.1, -0.05) is 12.8 Å². The van der Waals surface area contributed by atoms with Crippen molar-refractivity contribution < 1.29 is 0 Å². The van der Waals surface area contributed by atoms with Gasteiger partial charge in [-0.15, -0.1) is 0 Å². The van der Waals surface area contributed by atoms with Crippen LogP contribution in [-0.2, 0) is 0 Å². The smallest absolute Gasteiger partial charge is 0.0438 e. The number of anilines is 4. The minimum absolute atomic E-state index is 0.623. The van der Waals surface area contributed by atoms with Crippen LogP contribution in [0.5, 0.6) is 0 Å². The van der Waals surface area contributed by atoms with Gasteiger partial charge in [0, 0.05) is 100 Å². The molecule has 8 heteroatoms. The molecule has 42 heavy (non-hydrogen) atoms. The summed E-state index contributed by atoms with van der Waals surface area (Å²) in [5, 5.41) is 10.9. The first kappa shape index (κ1) is 29.5. The average molecular weight is 575 g/mol. The third-order valence-electron chi connectivity index (χ3n) is 10.1. The first-order chi connectivity index (χ1) is 20.6. The number of rotatable bonds is 13. The molecule has 4 saturated heterocycles. The van der Waals surface area contributed by atoms with Crippen LogP contribution in [0.25, 0.3) is 0 Å². The van der Waals surface area contributed by atoms with E-state index >= 15 is 0 Å². The quantitative estimate of drug-likeness (QED) is 0.259. The summed E-state index contributed by atoms with van der Waals surface area (Å²) in [5.41, 5.74) is 16.2. The maximum absolute atomic E-state index is 5.94. The molecular weight excluding hydrogens is 520 g/mol. The van der Waals surface area contributed by atoms with E-state index in [9.17, 15) is 0 Å². The van der Waals surface area contributed by atoms with Crippen molar-refractivity contribution in [2.24, 2.45) is 0 Å². The number of hydrazine groups is 2. The fourth-order valence-corrected chi connectivity index (χ4v) is 7.74. The molecule has 0 spiro atoms. The lowest BCUT2D eigenvalue weighted by atomic mass is 10.1. The van der Waals surface area contributed by atoms with Gasteiger partial charge in [0.15, 0.2) is 0 Å². The van der Waals surface area contributed by atoms with Gasteiger partial charge in [-0.2, -0.15) is 0 Å². The molecule has 4 fully saturated rings. The molecule has 2 aromatic carbocycles. The minimum Gasteiger partial charge on any atom is -0.399 e. The highest BCUT2D eigenvalue weighted by Gasteiger charge is 2.33. The van der Waals surface area contributed by atoms with Crippen molar-refractivity contribution >= 4 is 22.7 Å². The fraction of sp³-hybridized carbons (Fsp3) is 0.647. The van der Waals surface area contributed by atoms with Gasteiger partial charge >= 0.3 is 0 Å². The molecule has 4 aliphatic heterocycles. The summed E-state index contributed by atoms with van der Waals surface area (Å²) in [4.78, 5) is 5.11. The molecule has 0 aromatic heterocycles. The Hall–Kier alpha value is -2.52. The lowest BCUT2D eigenvalue weighted by Gasteiger charge is -2.37. The van der Waals surface area contributed by atoms with Crippen LogP contribution in [0.2, 0.25) is 0 Å². The SMILES string of the molecule is Nc1ccc(N2CCC(N(CCCCCCN(C3CCN(c4ccc(N)cc4)C3)N3CCCC3)N3CCCC3)C2)cc1. The van der Waals surface area contributed by atoms with Crippen LogP contribution in [0.4, 0.5) is 22.7 Å². The van der Waals surface area contributed by atoms with Gasteiger partial charge in [0.1, 0.15) is 0 Å². The number of hydrogen-bond donors (Lipinski definition) is 2. The van der Waals surface area contributed by atoms with Crippen molar-refractivity contribution in [3.8, 4) is 0 Å². The molecule has 0 aliphatic carbocycles. The van der Waals surface area contributed by atoms with Crippen molar-refractivity contribution in [2.75, 3.05) is 86.7 Å². The summed E-state index contributed by atoms with van der Waals surface area (Å²) in [6, 6.07) is 18.1. The number of nitrogen functional groups attached to an aromatic ring is 2. The van der Waals surface area contributed by atoms with Gasteiger partial charge in [0.05, 0.1) is 0 Å². The minimum atomic E-state index is 0.623. The van der Waals surface area contributed by atoms with E-state index in [1.54, 1.807) is 0 Å². The summed E-state index contributed by atoms with van der Waals surface area (Å²) in [5.74, 6) is 0. The van der Waals surface area contributed by atoms with E-state index in [-0.39, 0.29) is 0 Å². The van der Waals surface area contributed by atoms with E-state index in [0.29, 0.717) is 12.1 Å². The van der Waals surface area contributed by atoms with Crippen LogP contribution in [-0.4, -0.2) is 97.6 Å². The molecule has 4 N–H and O–H groups in total. The molecule has 8 nitrogen and oxygen atoms in total. The monoisotopic (exact) mass is 574 g/mol. The molecule has 0 bridgehead atoms. The van der Waals surface area contributed by atoms with Crippen LogP contribution in [0.15, 0.2) is 48.5 Å². The zero-order chi connectivity index (χ0) is 28.7. The number of benzene rings is 2. The van der Waals surface area contributed by atoms with Crippen molar-refractivity contribution in [3.63, 3.8) is 0 Å². The number of nitrogens with two attached hydrogens (primary N) is 2. The van der Waals surface area contributed by atoms with E-state index < -0.39 is 0 Å². The third kappa shape index (κ3) is 7.33. The molecule has 6 rings (SSSR count). The van der Waals surface area contributed by atoms with E-state index in [1.807, 2.05) is 24.3 Å². The lowest BCUT2D eigenvalue weighted by Crippen LogP contribution is -2.49. The Bertz CT molecular complexity index is 992. The maximum Gasteiger partial charge on any atom is 0.0438 e. The van der Waals surface area contributed by atoms with E-state index in [2.05, 4.69) is 54.1 Å². The Kier molecular flexibility index (Phi) is 10.1. The Morgan fingerprint density at radius 3 is 1.29 bits per heavy atom. The molecule has 230 valence electrons. The summed E-state index contributed by atoms with van der Waals surface area (Å²) in [6.07, 6.45) is 13.1. The molecule has 4 heterocycles. The normalized spacial score (nSPS) is 23.8. The zero-order valence-corrected chi connectivity index (χ0v) is 25.8. The Balaban J connectivity index is 0.968. The van der Waals surface area contributed by atoms with Crippen LogP contribution in [0.1, 0.15) is 64.2 Å². The number of hydrogen-bond acceptors (Lipinski definition) is 8. The van der Waals surface area contributed by atoms with Crippen LogP contribution < -0.4 is 21.3 Å². The molecule has 0 saturated carbocycles. The Morgan fingerprint density at radius 2 is 0.905 bits per heavy atom. The largest absolute Gasteiger partial charge is 0.399 e. The first-order valence-corrected chi connectivity index (χ1v) is 16.9. The number of unbranched alkanes of at least 4 members (excludes halogenated alkanes) is 3. The molecule has 4 aliphatic rings. The Morgan fingerprint density at radius 1 is 0.524 bits per heavy atom. The van der Waals surface area contributed by atoms with Crippen molar-refractivity contribution in [1.82, 2.24) is 20.0 Å². The summed E-state index contributed by atoms with van der Waals surface area (Å²) < 4.78 is 0. The van der Waals surface area contributed by atoms with Crippen molar-refractivity contribution in [3.05, 3.63) is 48.5 Å².